The fourth-order valence-electron chi connectivity index (χ4n) is 3.95. The highest BCUT2D eigenvalue weighted by atomic mass is 32.1. The maximum absolute atomic E-state index is 13.1. The predicted octanol–water partition coefficient (Wildman–Crippen LogP) is 2.60. The van der Waals surface area contributed by atoms with E-state index in [1.54, 1.807) is 6.20 Å². The molecule has 8 nitrogen and oxygen atoms in total. The molecule has 0 bridgehead atoms. The molecule has 0 fully saturated rings. The Morgan fingerprint density at radius 2 is 2.10 bits per heavy atom. The van der Waals surface area contributed by atoms with Gasteiger partial charge in [-0.3, -0.25) is 19.5 Å². The Morgan fingerprint density at radius 3 is 2.87 bits per heavy atom. The smallest absolute Gasteiger partial charge is 0.272 e. The van der Waals surface area contributed by atoms with Crippen LogP contribution in [-0.4, -0.2) is 42.3 Å². The maximum Gasteiger partial charge on any atom is 0.272 e. The molecular weight excluding hydrogens is 410 g/mol. The van der Waals surface area contributed by atoms with Crippen molar-refractivity contribution in [3.05, 3.63) is 87.4 Å². The Morgan fingerprint density at radius 1 is 1.19 bits per heavy atom. The monoisotopic (exact) mass is 433 g/mol. The molecule has 158 valence electrons. The van der Waals surface area contributed by atoms with Gasteiger partial charge < -0.3 is 5.32 Å². The SMILES string of the molecule is O=C(NCc1nccs1)c1nn(Cc2ccccc2)c2c1CN(Cc1cn[nH]c1)CC2. The third-order valence-corrected chi connectivity index (χ3v) is 6.23. The van der Waals surface area contributed by atoms with E-state index >= 15 is 0 Å². The predicted molar refractivity (Wildman–Crippen MR) is 117 cm³/mol. The van der Waals surface area contributed by atoms with Gasteiger partial charge in [-0.15, -0.1) is 11.3 Å². The summed E-state index contributed by atoms with van der Waals surface area (Å²) < 4.78 is 2.00. The van der Waals surface area contributed by atoms with Gasteiger partial charge in [0.05, 0.1) is 19.3 Å². The van der Waals surface area contributed by atoms with Crippen LogP contribution in [-0.2, 0) is 32.6 Å². The number of aromatic nitrogens is 5. The average Bonchev–Trinajstić information content (AvgIpc) is 3.55. The van der Waals surface area contributed by atoms with Crippen molar-refractivity contribution < 1.29 is 4.79 Å². The number of thiazole rings is 1. The van der Waals surface area contributed by atoms with E-state index in [2.05, 4.69) is 37.5 Å². The van der Waals surface area contributed by atoms with E-state index < -0.39 is 0 Å². The van der Waals surface area contributed by atoms with Gasteiger partial charge in [0.15, 0.2) is 5.69 Å². The van der Waals surface area contributed by atoms with Crippen LogP contribution in [0.3, 0.4) is 0 Å². The summed E-state index contributed by atoms with van der Waals surface area (Å²) in [7, 11) is 0. The van der Waals surface area contributed by atoms with Crippen LogP contribution in [0.4, 0.5) is 0 Å². The van der Waals surface area contributed by atoms with Crippen molar-refractivity contribution in [1.29, 1.82) is 0 Å². The molecule has 0 spiro atoms. The van der Waals surface area contributed by atoms with Gasteiger partial charge in [-0.2, -0.15) is 10.2 Å². The number of benzene rings is 1. The quantitative estimate of drug-likeness (QED) is 0.467. The largest absolute Gasteiger partial charge is 0.344 e. The first-order valence-electron chi connectivity index (χ1n) is 10.3. The zero-order valence-corrected chi connectivity index (χ0v) is 17.8. The van der Waals surface area contributed by atoms with Crippen molar-refractivity contribution in [3.63, 3.8) is 0 Å². The lowest BCUT2D eigenvalue weighted by Crippen LogP contribution is -2.32. The lowest BCUT2D eigenvalue weighted by atomic mass is 10.0. The molecule has 1 aliphatic rings. The molecule has 2 N–H and O–H groups in total. The van der Waals surface area contributed by atoms with Crippen molar-refractivity contribution in [1.82, 2.24) is 35.2 Å². The number of amides is 1. The van der Waals surface area contributed by atoms with Gasteiger partial charge in [-0.1, -0.05) is 30.3 Å². The Balaban J connectivity index is 1.40. The highest BCUT2D eigenvalue weighted by Crippen LogP contribution is 2.25. The molecule has 1 aliphatic heterocycles. The average molecular weight is 434 g/mol. The molecule has 0 unspecified atom stereocenters. The van der Waals surface area contributed by atoms with Gasteiger partial charge in [-0.25, -0.2) is 4.98 Å². The van der Waals surface area contributed by atoms with Crippen LogP contribution in [0, 0.1) is 0 Å². The summed E-state index contributed by atoms with van der Waals surface area (Å²) in [6, 6.07) is 10.2. The van der Waals surface area contributed by atoms with Crippen LogP contribution in [0.2, 0.25) is 0 Å². The fraction of sp³-hybridized carbons (Fsp3) is 0.273. The van der Waals surface area contributed by atoms with E-state index in [-0.39, 0.29) is 5.91 Å². The molecular formula is C22H23N7OS. The number of H-pyrrole nitrogens is 1. The van der Waals surface area contributed by atoms with Crippen molar-refractivity contribution in [2.75, 3.05) is 6.54 Å². The maximum atomic E-state index is 13.1. The highest BCUT2D eigenvalue weighted by Gasteiger charge is 2.28. The van der Waals surface area contributed by atoms with Crippen LogP contribution >= 0.6 is 11.3 Å². The minimum absolute atomic E-state index is 0.150. The number of rotatable bonds is 7. The topological polar surface area (TPSA) is 91.7 Å². The van der Waals surface area contributed by atoms with Gasteiger partial charge in [-0.05, 0) is 5.56 Å². The normalized spacial score (nSPS) is 13.8. The Kier molecular flexibility index (Phi) is 5.59. The summed E-state index contributed by atoms with van der Waals surface area (Å²) in [5, 5.41) is 17.4. The second-order valence-corrected chi connectivity index (χ2v) is 8.57. The first-order chi connectivity index (χ1) is 15.3. The number of carbonyl (C=O) groups excluding carboxylic acids is 1. The first-order valence-corrected chi connectivity index (χ1v) is 11.1. The second kappa shape index (κ2) is 8.83. The summed E-state index contributed by atoms with van der Waals surface area (Å²) in [5.41, 5.74) is 4.98. The summed E-state index contributed by atoms with van der Waals surface area (Å²) in [5.74, 6) is -0.150. The molecule has 0 aliphatic carbocycles. The minimum atomic E-state index is -0.150. The van der Waals surface area contributed by atoms with E-state index in [1.165, 1.54) is 16.9 Å². The Bertz CT molecular complexity index is 1140. The Labute approximate surface area is 183 Å². The number of aromatic amines is 1. The molecule has 0 saturated carbocycles. The number of fused-ring (bicyclic) bond motifs is 1. The molecule has 1 aromatic carbocycles. The lowest BCUT2D eigenvalue weighted by Gasteiger charge is -2.27. The summed E-state index contributed by atoms with van der Waals surface area (Å²) in [4.78, 5) is 19.6. The molecule has 4 aromatic rings. The molecule has 0 atom stereocenters. The zero-order valence-electron chi connectivity index (χ0n) is 17.0. The van der Waals surface area contributed by atoms with E-state index in [1.807, 2.05) is 40.7 Å². The van der Waals surface area contributed by atoms with Crippen molar-refractivity contribution in [3.8, 4) is 0 Å². The molecule has 1 amide bonds. The van der Waals surface area contributed by atoms with Gasteiger partial charge >= 0.3 is 0 Å². The number of nitrogens with zero attached hydrogens (tertiary/aromatic N) is 5. The molecule has 0 saturated heterocycles. The van der Waals surface area contributed by atoms with Gasteiger partial charge in [0, 0.05) is 60.6 Å². The van der Waals surface area contributed by atoms with Gasteiger partial charge in [0.2, 0.25) is 0 Å². The first kappa shape index (κ1) is 19.7. The number of hydrogen-bond acceptors (Lipinski definition) is 6. The summed E-state index contributed by atoms with van der Waals surface area (Å²) in [6.07, 6.45) is 6.36. The van der Waals surface area contributed by atoms with Crippen molar-refractivity contribution in [2.24, 2.45) is 0 Å². The van der Waals surface area contributed by atoms with Crippen molar-refractivity contribution >= 4 is 17.2 Å². The van der Waals surface area contributed by atoms with Crippen LogP contribution in [0.15, 0.2) is 54.3 Å². The van der Waals surface area contributed by atoms with Crippen LogP contribution < -0.4 is 5.32 Å². The van der Waals surface area contributed by atoms with Crippen LogP contribution in [0.25, 0.3) is 0 Å². The number of carbonyl (C=O) groups is 1. The lowest BCUT2D eigenvalue weighted by molar-refractivity contribution is 0.0942. The molecule has 9 heteroatoms. The standard InChI is InChI=1S/C22H23N7OS/c30-22(24-12-20-23-7-9-31-20)21-18-15-28(13-17-10-25-26-11-17)8-6-19(18)29(27-21)14-16-4-2-1-3-5-16/h1-5,7,9-11H,6,8,12-15H2,(H,24,30)(H,25,26). The fourth-order valence-corrected chi connectivity index (χ4v) is 4.51. The number of nitrogens with one attached hydrogen (secondary N) is 2. The van der Waals surface area contributed by atoms with Crippen molar-refractivity contribution in [2.45, 2.75) is 32.6 Å². The van der Waals surface area contributed by atoms with Crippen LogP contribution in [0.1, 0.15) is 37.9 Å². The van der Waals surface area contributed by atoms with E-state index in [0.717, 1.165) is 41.3 Å². The Hall–Kier alpha value is -3.30. The molecule has 3 aromatic heterocycles. The summed E-state index contributed by atoms with van der Waals surface area (Å²) >= 11 is 1.53. The molecule has 5 rings (SSSR count). The molecule has 31 heavy (non-hydrogen) atoms. The zero-order chi connectivity index (χ0) is 21.0. The molecule has 4 heterocycles. The summed E-state index contributed by atoms with van der Waals surface area (Å²) in [6.45, 7) is 3.47. The van der Waals surface area contributed by atoms with E-state index in [0.29, 0.717) is 25.3 Å². The minimum Gasteiger partial charge on any atom is -0.344 e. The third-order valence-electron chi connectivity index (χ3n) is 5.45. The molecule has 0 radical (unpaired) electrons. The van der Waals surface area contributed by atoms with E-state index in [9.17, 15) is 4.79 Å². The third kappa shape index (κ3) is 4.42. The van der Waals surface area contributed by atoms with Gasteiger partial charge in [0.1, 0.15) is 5.01 Å². The number of hydrogen-bond donors (Lipinski definition) is 2. The highest BCUT2D eigenvalue weighted by molar-refractivity contribution is 7.09. The second-order valence-electron chi connectivity index (χ2n) is 7.59. The van der Waals surface area contributed by atoms with E-state index in [4.69, 9.17) is 5.10 Å². The van der Waals surface area contributed by atoms with Gasteiger partial charge in [0.25, 0.3) is 5.91 Å². The van der Waals surface area contributed by atoms with Crippen LogP contribution in [0.5, 0.6) is 0 Å².